The molecule has 7 heteroatoms. The number of furan rings is 1. The lowest BCUT2D eigenvalue weighted by Gasteiger charge is -2.03. The van der Waals surface area contributed by atoms with Crippen molar-refractivity contribution in [3.8, 4) is 0 Å². The van der Waals surface area contributed by atoms with Crippen molar-refractivity contribution in [2.75, 3.05) is 11.9 Å². The monoisotopic (exact) mass is 284 g/mol. The first-order chi connectivity index (χ1) is 10.2. The number of hydrogen-bond acceptors (Lipinski definition) is 4. The van der Waals surface area contributed by atoms with Gasteiger partial charge in [0.25, 0.3) is 5.91 Å². The molecule has 0 aliphatic heterocycles. The summed E-state index contributed by atoms with van der Waals surface area (Å²) in [5, 5.41) is 5.07. The molecule has 21 heavy (non-hydrogen) atoms. The first-order valence-corrected chi connectivity index (χ1v) is 6.27. The van der Waals surface area contributed by atoms with Gasteiger partial charge in [0, 0.05) is 0 Å². The van der Waals surface area contributed by atoms with Gasteiger partial charge in [-0.3, -0.25) is 14.9 Å². The zero-order valence-corrected chi connectivity index (χ0v) is 10.9. The second kappa shape index (κ2) is 5.49. The lowest BCUT2D eigenvalue weighted by molar-refractivity contribution is -0.115. The van der Waals surface area contributed by atoms with Gasteiger partial charge in [0.2, 0.25) is 11.9 Å². The van der Waals surface area contributed by atoms with Crippen molar-refractivity contribution in [2.24, 2.45) is 0 Å². The molecule has 0 fully saturated rings. The summed E-state index contributed by atoms with van der Waals surface area (Å²) in [6.07, 6.45) is 2.70. The molecule has 2 aromatic heterocycles. The van der Waals surface area contributed by atoms with E-state index in [0.29, 0.717) is 11.5 Å². The largest absolute Gasteiger partial charge is 0.472 e. The molecule has 0 unspecified atom stereocenters. The average Bonchev–Trinajstić information content (AvgIpc) is 3.13. The minimum absolute atomic E-state index is 0.152. The van der Waals surface area contributed by atoms with Gasteiger partial charge in [-0.25, -0.2) is 4.98 Å². The topological polar surface area (TPSA) is 100 Å². The molecule has 0 atom stereocenters. The van der Waals surface area contributed by atoms with Crippen LogP contribution in [0.25, 0.3) is 11.0 Å². The van der Waals surface area contributed by atoms with Gasteiger partial charge in [0.05, 0.1) is 29.4 Å². The van der Waals surface area contributed by atoms with Crippen molar-refractivity contribution in [1.29, 1.82) is 0 Å². The highest BCUT2D eigenvalue weighted by Crippen LogP contribution is 2.12. The van der Waals surface area contributed by atoms with E-state index in [4.69, 9.17) is 4.42 Å². The van der Waals surface area contributed by atoms with E-state index in [0.717, 1.165) is 11.0 Å². The average molecular weight is 284 g/mol. The number of nitrogens with one attached hydrogen (secondary N) is 3. The predicted octanol–water partition coefficient (Wildman–Crippen LogP) is 1.52. The summed E-state index contributed by atoms with van der Waals surface area (Å²) < 4.78 is 4.80. The molecule has 0 spiro atoms. The van der Waals surface area contributed by atoms with Crippen molar-refractivity contribution in [1.82, 2.24) is 15.3 Å². The Balaban J connectivity index is 1.57. The number of aromatic amines is 1. The Labute approximate surface area is 119 Å². The first kappa shape index (κ1) is 12.9. The Kier molecular flexibility index (Phi) is 3.38. The van der Waals surface area contributed by atoms with Crippen LogP contribution >= 0.6 is 0 Å². The van der Waals surface area contributed by atoms with Crippen molar-refractivity contribution in [3.05, 3.63) is 48.4 Å². The number of fused-ring (bicyclic) bond motifs is 1. The molecule has 0 aliphatic carbocycles. The number of carbonyl (C=O) groups is 2. The number of aromatic nitrogens is 2. The van der Waals surface area contributed by atoms with E-state index in [9.17, 15) is 9.59 Å². The van der Waals surface area contributed by atoms with Crippen LogP contribution in [0.15, 0.2) is 47.3 Å². The van der Waals surface area contributed by atoms with E-state index in [1.807, 2.05) is 24.3 Å². The number of hydrogen-bond donors (Lipinski definition) is 3. The summed E-state index contributed by atoms with van der Waals surface area (Å²) in [5.41, 5.74) is 1.96. The number of rotatable bonds is 4. The fourth-order valence-electron chi connectivity index (χ4n) is 1.84. The highest BCUT2D eigenvalue weighted by atomic mass is 16.3. The molecule has 106 valence electrons. The normalized spacial score (nSPS) is 10.5. The minimum Gasteiger partial charge on any atom is -0.472 e. The molecule has 0 saturated heterocycles. The maximum atomic E-state index is 11.8. The Morgan fingerprint density at radius 2 is 2.10 bits per heavy atom. The molecule has 3 aromatic rings. The van der Waals surface area contributed by atoms with E-state index in [1.54, 1.807) is 0 Å². The molecule has 3 N–H and O–H groups in total. The molecule has 0 aliphatic rings. The van der Waals surface area contributed by atoms with Gasteiger partial charge in [-0.1, -0.05) is 12.1 Å². The number of imidazole rings is 1. The van der Waals surface area contributed by atoms with E-state index in [-0.39, 0.29) is 18.4 Å². The lowest BCUT2D eigenvalue weighted by Crippen LogP contribution is -2.32. The third kappa shape index (κ3) is 2.92. The first-order valence-electron chi connectivity index (χ1n) is 6.27. The van der Waals surface area contributed by atoms with Crippen molar-refractivity contribution >= 4 is 28.8 Å². The molecule has 0 saturated carbocycles. The van der Waals surface area contributed by atoms with Crippen LogP contribution in [0, 0.1) is 0 Å². The maximum absolute atomic E-state index is 11.8. The second-order valence-electron chi connectivity index (χ2n) is 4.35. The van der Waals surface area contributed by atoms with E-state index >= 15 is 0 Å². The van der Waals surface area contributed by atoms with Crippen LogP contribution in [0.2, 0.25) is 0 Å². The maximum Gasteiger partial charge on any atom is 0.254 e. The fraction of sp³-hybridized carbons (Fsp3) is 0.0714. The van der Waals surface area contributed by atoms with Gasteiger partial charge in [-0.15, -0.1) is 0 Å². The van der Waals surface area contributed by atoms with Crippen molar-refractivity contribution in [3.63, 3.8) is 0 Å². The van der Waals surface area contributed by atoms with Gasteiger partial charge in [0.1, 0.15) is 6.26 Å². The standard InChI is InChI=1S/C14H12N4O3/c19-12(7-15-13(20)9-5-6-21-8-9)18-14-16-10-3-1-2-4-11(10)17-14/h1-6,8H,7H2,(H,15,20)(H2,16,17,18,19). The highest BCUT2D eigenvalue weighted by Gasteiger charge is 2.10. The van der Waals surface area contributed by atoms with Crippen LogP contribution in [0.5, 0.6) is 0 Å². The number of para-hydroxylation sites is 2. The Morgan fingerprint density at radius 3 is 2.86 bits per heavy atom. The zero-order valence-electron chi connectivity index (χ0n) is 10.9. The summed E-state index contributed by atoms with van der Waals surface area (Å²) in [5.74, 6) is -0.395. The fourth-order valence-corrected chi connectivity index (χ4v) is 1.84. The van der Waals surface area contributed by atoms with E-state index in [2.05, 4.69) is 20.6 Å². The Morgan fingerprint density at radius 1 is 1.24 bits per heavy atom. The summed E-state index contributed by atoms with van der Waals surface area (Å²) in [6.45, 7) is -0.152. The van der Waals surface area contributed by atoms with E-state index < -0.39 is 0 Å². The molecule has 2 heterocycles. The second-order valence-corrected chi connectivity index (χ2v) is 4.35. The third-order valence-electron chi connectivity index (χ3n) is 2.84. The number of benzene rings is 1. The van der Waals surface area contributed by atoms with Gasteiger partial charge in [-0.05, 0) is 18.2 Å². The van der Waals surface area contributed by atoms with Crippen molar-refractivity contribution in [2.45, 2.75) is 0 Å². The van der Waals surface area contributed by atoms with Gasteiger partial charge in [0.15, 0.2) is 0 Å². The van der Waals surface area contributed by atoms with Crippen LogP contribution in [0.1, 0.15) is 10.4 Å². The summed E-state index contributed by atoms with van der Waals surface area (Å²) in [4.78, 5) is 30.6. The van der Waals surface area contributed by atoms with Gasteiger partial charge >= 0.3 is 0 Å². The molecule has 0 radical (unpaired) electrons. The predicted molar refractivity (Wildman–Crippen MR) is 75.8 cm³/mol. The summed E-state index contributed by atoms with van der Waals surface area (Å²) >= 11 is 0. The molecule has 2 amide bonds. The minimum atomic E-state index is -0.372. The molecule has 3 rings (SSSR count). The summed E-state index contributed by atoms with van der Waals surface area (Å²) in [7, 11) is 0. The highest BCUT2D eigenvalue weighted by molar-refractivity contribution is 5.99. The smallest absolute Gasteiger partial charge is 0.254 e. The quantitative estimate of drug-likeness (QED) is 0.676. The zero-order chi connectivity index (χ0) is 14.7. The number of nitrogens with zero attached hydrogens (tertiary/aromatic N) is 1. The van der Waals surface area contributed by atoms with Crippen LogP contribution < -0.4 is 10.6 Å². The number of anilines is 1. The summed E-state index contributed by atoms with van der Waals surface area (Å²) in [6, 6.07) is 8.95. The molecule has 1 aromatic carbocycles. The van der Waals surface area contributed by atoms with Crippen LogP contribution in [0.4, 0.5) is 5.95 Å². The lowest BCUT2D eigenvalue weighted by atomic mass is 10.3. The Bertz CT molecular complexity index is 743. The number of amides is 2. The van der Waals surface area contributed by atoms with Crippen LogP contribution in [-0.4, -0.2) is 28.3 Å². The SMILES string of the molecule is O=C(CNC(=O)c1ccoc1)Nc1nc2ccccc2[nH]1. The molecule has 0 bridgehead atoms. The number of carbonyl (C=O) groups excluding carboxylic acids is 2. The van der Waals surface area contributed by atoms with E-state index in [1.165, 1.54) is 18.6 Å². The van der Waals surface area contributed by atoms with Crippen LogP contribution in [0.3, 0.4) is 0 Å². The number of H-pyrrole nitrogens is 1. The molecular formula is C14H12N4O3. The third-order valence-corrected chi connectivity index (χ3v) is 2.84. The Hall–Kier alpha value is -3.09. The van der Waals surface area contributed by atoms with Crippen molar-refractivity contribution < 1.29 is 14.0 Å². The van der Waals surface area contributed by atoms with Crippen LogP contribution in [-0.2, 0) is 4.79 Å². The van der Waals surface area contributed by atoms with Gasteiger partial charge in [-0.2, -0.15) is 0 Å². The molecule has 7 nitrogen and oxygen atoms in total. The molecular weight excluding hydrogens is 272 g/mol. The van der Waals surface area contributed by atoms with Gasteiger partial charge < -0.3 is 14.7 Å².